The van der Waals surface area contributed by atoms with Crippen LogP contribution in [0.2, 0.25) is 0 Å². The molecule has 0 saturated carbocycles. The van der Waals surface area contributed by atoms with E-state index in [4.69, 9.17) is 10.3 Å². The van der Waals surface area contributed by atoms with Gasteiger partial charge in [0.05, 0.1) is 17.8 Å². The zero-order valence-electron chi connectivity index (χ0n) is 10.5. The third kappa shape index (κ3) is 2.36. The SMILES string of the molecule is Cn1cc(-c2noc(C(N)C(C)(C)C)n2)cn1. The zero-order valence-corrected chi connectivity index (χ0v) is 10.5. The van der Waals surface area contributed by atoms with Crippen LogP contribution in [0, 0.1) is 5.41 Å². The standard InChI is InChI=1S/C11H17N5O/c1-11(2,3)8(12)10-14-9(15-17-10)7-5-13-16(4)6-7/h5-6,8H,12H2,1-4H3. The Labute approximate surface area is 99.8 Å². The molecule has 0 aliphatic rings. The van der Waals surface area contributed by atoms with E-state index in [9.17, 15) is 0 Å². The van der Waals surface area contributed by atoms with Crippen LogP contribution in [-0.2, 0) is 7.05 Å². The number of hydrogen-bond donors (Lipinski definition) is 1. The number of hydrogen-bond acceptors (Lipinski definition) is 5. The average molecular weight is 235 g/mol. The second-order valence-electron chi connectivity index (χ2n) is 5.20. The molecule has 0 bridgehead atoms. The average Bonchev–Trinajstić information content (AvgIpc) is 2.83. The first-order valence-electron chi connectivity index (χ1n) is 5.46. The lowest BCUT2D eigenvalue weighted by Gasteiger charge is -2.23. The first-order valence-corrected chi connectivity index (χ1v) is 5.46. The van der Waals surface area contributed by atoms with Gasteiger partial charge in [0.15, 0.2) is 0 Å². The summed E-state index contributed by atoms with van der Waals surface area (Å²) in [5.74, 6) is 0.976. The van der Waals surface area contributed by atoms with Gasteiger partial charge in [-0.3, -0.25) is 4.68 Å². The molecule has 2 heterocycles. The molecule has 0 amide bonds. The van der Waals surface area contributed by atoms with Gasteiger partial charge >= 0.3 is 0 Å². The summed E-state index contributed by atoms with van der Waals surface area (Å²) in [7, 11) is 1.84. The van der Waals surface area contributed by atoms with Crippen molar-refractivity contribution in [2.45, 2.75) is 26.8 Å². The van der Waals surface area contributed by atoms with E-state index < -0.39 is 0 Å². The Bertz CT molecular complexity index is 508. The van der Waals surface area contributed by atoms with Crippen molar-refractivity contribution < 1.29 is 4.52 Å². The lowest BCUT2D eigenvalue weighted by molar-refractivity contribution is 0.253. The van der Waals surface area contributed by atoms with Crippen molar-refractivity contribution in [3.63, 3.8) is 0 Å². The van der Waals surface area contributed by atoms with Gasteiger partial charge in [-0.05, 0) is 5.41 Å². The Morgan fingerprint density at radius 2 is 2.12 bits per heavy atom. The Kier molecular flexibility index (Phi) is 2.74. The maximum Gasteiger partial charge on any atom is 0.244 e. The van der Waals surface area contributed by atoms with E-state index >= 15 is 0 Å². The molecule has 2 aromatic rings. The highest BCUT2D eigenvalue weighted by Crippen LogP contribution is 2.30. The van der Waals surface area contributed by atoms with Gasteiger partial charge in [-0.25, -0.2) is 0 Å². The number of rotatable bonds is 2. The van der Waals surface area contributed by atoms with Gasteiger partial charge in [-0.1, -0.05) is 25.9 Å². The normalized spacial score (nSPS) is 13.9. The van der Waals surface area contributed by atoms with Crippen LogP contribution in [0.4, 0.5) is 0 Å². The maximum atomic E-state index is 6.05. The van der Waals surface area contributed by atoms with Crippen LogP contribution in [0.5, 0.6) is 0 Å². The largest absolute Gasteiger partial charge is 0.337 e. The highest BCUT2D eigenvalue weighted by atomic mass is 16.5. The number of nitrogens with zero attached hydrogens (tertiary/aromatic N) is 4. The Morgan fingerprint density at radius 3 is 2.65 bits per heavy atom. The molecule has 0 fully saturated rings. The molecule has 0 spiro atoms. The fourth-order valence-electron chi connectivity index (χ4n) is 1.39. The van der Waals surface area contributed by atoms with Crippen molar-refractivity contribution >= 4 is 0 Å². The Morgan fingerprint density at radius 1 is 1.41 bits per heavy atom. The van der Waals surface area contributed by atoms with E-state index in [1.165, 1.54) is 0 Å². The quantitative estimate of drug-likeness (QED) is 0.853. The van der Waals surface area contributed by atoms with Crippen LogP contribution in [0.25, 0.3) is 11.4 Å². The minimum Gasteiger partial charge on any atom is -0.337 e. The molecule has 0 saturated heterocycles. The Hall–Kier alpha value is -1.69. The van der Waals surface area contributed by atoms with Crippen LogP contribution < -0.4 is 5.73 Å². The molecule has 0 aliphatic carbocycles. The van der Waals surface area contributed by atoms with E-state index in [2.05, 4.69) is 15.2 Å². The number of nitrogens with two attached hydrogens (primary N) is 1. The maximum absolute atomic E-state index is 6.05. The fraction of sp³-hybridized carbons (Fsp3) is 0.545. The molecular formula is C11H17N5O. The summed E-state index contributed by atoms with van der Waals surface area (Å²) in [4.78, 5) is 4.30. The molecule has 0 aromatic carbocycles. The zero-order chi connectivity index (χ0) is 12.6. The summed E-state index contributed by atoms with van der Waals surface area (Å²) < 4.78 is 6.88. The van der Waals surface area contributed by atoms with Crippen LogP contribution in [-0.4, -0.2) is 19.9 Å². The molecule has 1 atom stereocenters. The van der Waals surface area contributed by atoms with Gasteiger partial charge in [-0.2, -0.15) is 10.1 Å². The molecule has 2 rings (SSSR count). The second-order valence-corrected chi connectivity index (χ2v) is 5.20. The molecule has 92 valence electrons. The molecule has 17 heavy (non-hydrogen) atoms. The summed E-state index contributed by atoms with van der Waals surface area (Å²) in [6.45, 7) is 6.10. The minimum absolute atomic E-state index is 0.112. The Balaban J connectivity index is 2.28. The van der Waals surface area contributed by atoms with Crippen molar-refractivity contribution in [3.05, 3.63) is 18.3 Å². The van der Waals surface area contributed by atoms with Gasteiger partial charge in [0.1, 0.15) is 0 Å². The van der Waals surface area contributed by atoms with Crippen LogP contribution in [0.15, 0.2) is 16.9 Å². The van der Waals surface area contributed by atoms with E-state index in [0.717, 1.165) is 5.56 Å². The van der Waals surface area contributed by atoms with Crippen LogP contribution in [0.1, 0.15) is 32.7 Å². The summed E-state index contributed by atoms with van der Waals surface area (Å²) in [6.07, 6.45) is 3.52. The van der Waals surface area contributed by atoms with Gasteiger partial charge in [0.2, 0.25) is 11.7 Å². The lowest BCUT2D eigenvalue weighted by atomic mass is 9.87. The predicted octanol–water partition coefficient (Wildman–Crippen LogP) is 1.52. The van der Waals surface area contributed by atoms with E-state index in [1.54, 1.807) is 10.9 Å². The fourth-order valence-corrected chi connectivity index (χ4v) is 1.39. The highest BCUT2D eigenvalue weighted by Gasteiger charge is 2.27. The third-order valence-electron chi connectivity index (χ3n) is 2.60. The van der Waals surface area contributed by atoms with Crippen LogP contribution >= 0.6 is 0 Å². The predicted molar refractivity (Wildman–Crippen MR) is 62.9 cm³/mol. The van der Waals surface area contributed by atoms with Gasteiger partial charge in [-0.15, -0.1) is 0 Å². The van der Waals surface area contributed by atoms with Crippen molar-refractivity contribution in [2.24, 2.45) is 18.2 Å². The minimum atomic E-state index is -0.277. The molecule has 1 unspecified atom stereocenters. The molecule has 2 N–H and O–H groups in total. The molecular weight excluding hydrogens is 218 g/mol. The van der Waals surface area contributed by atoms with Crippen molar-refractivity contribution in [3.8, 4) is 11.4 Å². The molecule has 2 aromatic heterocycles. The van der Waals surface area contributed by atoms with Gasteiger partial charge in [0, 0.05) is 13.2 Å². The number of aromatic nitrogens is 4. The topological polar surface area (TPSA) is 82.8 Å². The smallest absolute Gasteiger partial charge is 0.244 e. The summed E-state index contributed by atoms with van der Waals surface area (Å²) in [5.41, 5.74) is 6.76. The second kappa shape index (κ2) is 3.96. The van der Waals surface area contributed by atoms with E-state index in [-0.39, 0.29) is 11.5 Å². The molecule has 0 aliphatic heterocycles. The van der Waals surface area contributed by atoms with Crippen molar-refractivity contribution in [1.29, 1.82) is 0 Å². The third-order valence-corrected chi connectivity index (χ3v) is 2.60. The summed E-state index contributed by atoms with van der Waals surface area (Å²) in [5, 5.41) is 7.97. The highest BCUT2D eigenvalue weighted by molar-refractivity contribution is 5.51. The first-order chi connectivity index (χ1) is 7.88. The van der Waals surface area contributed by atoms with Crippen molar-refractivity contribution in [2.75, 3.05) is 0 Å². The summed E-state index contributed by atoms with van der Waals surface area (Å²) in [6, 6.07) is -0.277. The van der Waals surface area contributed by atoms with Gasteiger partial charge in [0.25, 0.3) is 0 Å². The molecule has 0 radical (unpaired) electrons. The lowest BCUT2D eigenvalue weighted by Crippen LogP contribution is -2.26. The van der Waals surface area contributed by atoms with E-state index in [1.807, 2.05) is 34.0 Å². The number of aryl methyl sites for hydroxylation is 1. The molecule has 6 heteroatoms. The van der Waals surface area contributed by atoms with Gasteiger partial charge < -0.3 is 10.3 Å². The molecule has 6 nitrogen and oxygen atoms in total. The monoisotopic (exact) mass is 235 g/mol. The van der Waals surface area contributed by atoms with Crippen molar-refractivity contribution in [1.82, 2.24) is 19.9 Å². The summed E-state index contributed by atoms with van der Waals surface area (Å²) >= 11 is 0. The van der Waals surface area contributed by atoms with Crippen LogP contribution in [0.3, 0.4) is 0 Å². The first kappa shape index (κ1) is 11.8. The van der Waals surface area contributed by atoms with E-state index in [0.29, 0.717) is 11.7 Å².